The van der Waals surface area contributed by atoms with Crippen LogP contribution >= 0.6 is 7.82 Å². The summed E-state index contributed by atoms with van der Waals surface area (Å²) in [5.74, 6) is -0.821. The van der Waals surface area contributed by atoms with E-state index in [1.165, 1.54) is 212 Å². The molecule has 0 aliphatic carbocycles. The summed E-state index contributed by atoms with van der Waals surface area (Å²) in [5.41, 5.74) is 5.39. The minimum absolute atomic E-state index is 0.0517. The summed E-state index contributed by atoms with van der Waals surface area (Å²) in [6.45, 7) is 3.66. The van der Waals surface area contributed by atoms with Gasteiger partial charge in [-0.2, -0.15) is 0 Å². The van der Waals surface area contributed by atoms with E-state index in [2.05, 4.69) is 86.8 Å². The van der Waals surface area contributed by atoms with Crippen molar-refractivity contribution >= 4 is 19.8 Å². The molecule has 0 radical (unpaired) electrons. The zero-order valence-corrected chi connectivity index (χ0v) is 52.5. The van der Waals surface area contributed by atoms with Crippen molar-refractivity contribution < 1.29 is 37.6 Å². The molecule has 0 aliphatic rings. The van der Waals surface area contributed by atoms with Crippen LogP contribution in [0.5, 0.6) is 0 Å². The third-order valence-corrected chi connectivity index (χ3v) is 15.6. The number of carbonyl (C=O) groups is 2. The summed E-state index contributed by atoms with van der Waals surface area (Å²) in [5, 5.41) is 0. The van der Waals surface area contributed by atoms with E-state index in [4.69, 9.17) is 24.3 Å². The average Bonchev–Trinajstić information content (AvgIpc) is 3.44. The van der Waals surface area contributed by atoms with Crippen molar-refractivity contribution in [2.24, 2.45) is 5.73 Å². The standard InChI is InChI=1S/C69H126NO8P/c1-3-5-7-9-11-13-15-17-19-21-23-25-27-28-29-30-31-32-33-34-35-36-37-38-40-41-43-45-47-49-51-53-55-57-59-61-68(71)75-65-67(66-77-79(73,74)76-64-63-70)78-69(72)62-60-58-56-54-52-50-48-46-44-42-39-26-24-22-20-18-16-14-12-10-8-6-4-2/h6,8,12,14-15,17-18,20-21,23-24,26,67H,3-5,7,9-11,13,16,19,22,25,27-66,70H2,1-2H3,(H,73,74)/b8-6-,14-12-,17-15-,20-18-,23-21-,26-24-. The van der Waals surface area contributed by atoms with Gasteiger partial charge in [-0.15, -0.1) is 0 Å². The van der Waals surface area contributed by atoms with Gasteiger partial charge in [-0.3, -0.25) is 18.6 Å². The molecular weight excluding hydrogens is 1000 g/mol. The van der Waals surface area contributed by atoms with Crippen LogP contribution in [0.2, 0.25) is 0 Å². The average molecular weight is 1130 g/mol. The number of ether oxygens (including phenoxy) is 2. The van der Waals surface area contributed by atoms with Crippen LogP contribution in [0.1, 0.15) is 322 Å². The van der Waals surface area contributed by atoms with Crippen LogP contribution in [-0.4, -0.2) is 49.3 Å². The number of hydrogen-bond donors (Lipinski definition) is 2. The summed E-state index contributed by atoms with van der Waals surface area (Å²) >= 11 is 0. The Morgan fingerprint density at radius 3 is 1.04 bits per heavy atom. The Bertz CT molecular complexity index is 1520. The first-order chi connectivity index (χ1) is 38.8. The minimum Gasteiger partial charge on any atom is -0.462 e. The number of allylic oxidation sites excluding steroid dienone is 12. The summed E-state index contributed by atoms with van der Waals surface area (Å²) in [4.78, 5) is 35.3. The predicted molar refractivity (Wildman–Crippen MR) is 339 cm³/mol. The Labute approximate surface area is 488 Å². The zero-order valence-electron chi connectivity index (χ0n) is 51.6. The van der Waals surface area contributed by atoms with Gasteiger partial charge in [-0.1, -0.05) is 299 Å². The molecule has 0 rings (SSSR count). The van der Waals surface area contributed by atoms with Crippen LogP contribution in [0.3, 0.4) is 0 Å². The van der Waals surface area contributed by atoms with Crippen LogP contribution < -0.4 is 5.73 Å². The normalized spacial score (nSPS) is 13.4. The van der Waals surface area contributed by atoms with Gasteiger partial charge in [0, 0.05) is 19.4 Å². The number of carbonyl (C=O) groups excluding carboxylic acids is 2. The third-order valence-electron chi connectivity index (χ3n) is 14.6. The SMILES string of the molecule is CC/C=C\C/C=C\C/C=C\C/C=C\CCCCCCCCCCCCC(=O)OC(COC(=O)CCCCCCCCCCCCCCCCCCCCCCCCC/C=C\C/C=C\CCCCCCC)COP(=O)(O)OCCN. The van der Waals surface area contributed by atoms with Crippen molar-refractivity contribution in [1.29, 1.82) is 0 Å². The molecule has 2 unspecified atom stereocenters. The van der Waals surface area contributed by atoms with E-state index >= 15 is 0 Å². The van der Waals surface area contributed by atoms with Gasteiger partial charge < -0.3 is 20.1 Å². The summed E-state index contributed by atoms with van der Waals surface area (Å²) in [6.07, 6.45) is 84.2. The molecule has 0 aromatic carbocycles. The molecule has 0 saturated heterocycles. The van der Waals surface area contributed by atoms with E-state index in [1.54, 1.807) is 0 Å². The van der Waals surface area contributed by atoms with Crippen LogP contribution in [0.15, 0.2) is 72.9 Å². The lowest BCUT2D eigenvalue weighted by Crippen LogP contribution is -2.29. The van der Waals surface area contributed by atoms with Gasteiger partial charge >= 0.3 is 19.8 Å². The molecule has 460 valence electrons. The topological polar surface area (TPSA) is 134 Å². The molecule has 10 heteroatoms. The highest BCUT2D eigenvalue weighted by Crippen LogP contribution is 2.43. The van der Waals surface area contributed by atoms with Crippen molar-refractivity contribution in [3.63, 3.8) is 0 Å². The van der Waals surface area contributed by atoms with E-state index in [1.807, 2.05) is 0 Å². The largest absolute Gasteiger partial charge is 0.472 e. The maximum Gasteiger partial charge on any atom is 0.472 e. The highest BCUT2D eigenvalue weighted by atomic mass is 31.2. The van der Waals surface area contributed by atoms with Gasteiger partial charge in [-0.25, -0.2) is 4.57 Å². The van der Waals surface area contributed by atoms with Crippen molar-refractivity contribution in [2.45, 2.75) is 328 Å². The first kappa shape index (κ1) is 76.5. The highest BCUT2D eigenvalue weighted by Gasteiger charge is 2.26. The lowest BCUT2D eigenvalue weighted by atomic mass is 10.0. The fraction of sp³-hybridized carbons (Fsp3) is 0.797. The second-order valence-corrected chi connectivity index (χ2v) is 23.8. The van der Waals surface area contributed by atoms with Gasteiger partial charge in [0.15, 0.2) is 6.10 Å². The van der Waals surface area contributed by atoms with Crippen LogP contribution in [0.25, 0.3) is 0 Å². The molecule has 0 aromatic heterocycles. The number of unbranched alkanes of at least 4 members (excludes halogenated alkanes) is 38. The van der Waals surface area contributed by atoms with E-state index < -0.39 is 26.5 Å². The molecular formula is C69H126NO8P. The lowest BCUT2D eigenvalue weighted by molar-refractivity contribution is -0.161. The van der Waals surface area contributed by atoms with E-state index in [9.17, 15) is 19.0 Å². The van der Waals surface area contributed by atoms with Crippen LogP contribution in [-0.2, 0) is 32.7 Å². The Kier molecular flexibility index (Phi) is 62.5. The molecule has 0 amide bonds. The van der Waals surface area contributed by atoms with Gasteiger partial charge in [0.1, 0.15) is 6.61 Å². The molecule has 0 heterocycles. The Hall–Kier alpha value is -2.55. The van der Waals surface area contributed by atoms with Crippen LogP contribution in [0, 0.1) is 0 Å². The molecule has 9 nitrogen and oxygen atoms in total. The third kappa shape index (κ3) is 64.5. The second-order valence-electron chi connectivity index (χ2n) is 22.3. The molecule has 0 bridgehead atoms. The van der Waals surface area contributed by atoms with E-state index in [-0.39, 0.29) is 38.6 Å². The Morgan fingerprint density at radius 1 is 0.392 bits per heavy atom. The van der Waals surface area contributed by atoms with Gasteiger partial charge in [0.05, 0.1) is 13.2 Å². The first-order valence-electron chi connectivity index (χ1n) is 33.4. The summed E-state index contributed by atoms with van der Waals surface area (Å²) < 4.78 is 33.1. The number of phosphoric acid groups is 1. The smallest absolute Gasteiger partial charge is 0.462 e. The Balaban J connectivity index is 3.84. The van der Waals surface area contributed by atoms with Crippen molar-refractivity contribution in [3.8, 4) is 0 Å². The quantitative estimate of drug-likeness (QED) is 0.0264. The fourth-order valence-electron chi connectivity index (χ4n) is 9.66. The zero-order chi connectivity index (χ0) is 57.3. The van der Waals surface area contributed by atoms with E-state index in [0.717, 1.165) is 77.0 Å². The number of hydrogen-bond acceptors (Lipinski definition) is 8. The minimum atomic E-state index is -4.39. The molecule has 0 spiro atoms. The summed E-state index contributed by atoms with van der Waals surface area (Å²) in [7, 11) is -4.39. The number of phosphoric ester groups is 1. The second kappa shape index (κ2) is 64.6. The fourth-order valence-corrected chi connectivity index (χ4v) is 10.4. The van der Waals surface area contributed by atoms with Gasteiger partial charge in [0.2, 0.25) is 0 Å². The number of rotatable bonds is 63. The number of nitrogens with two attached hydrogens (primary N) is 1. The predicted octanol–water partition coefficient (Wildman–Crippen LogP) is 21.6. The molecule has 0 aromatic rings. The Morgan fingerprint density at radius 2 is 0.696 bits per heavy atom. The molecule has 0 saturated carbocycles. The van der Waals surface area contributed by atoms with Gasteiger partial charge in [-0.05, 0) is 83.5 Å². The molecule has 79 heavy (non-hydrogen) atoms. The number of esters is 2. The molecule has 2 atom stereocenters. The molecule has 3 N–H and O–H groups in total. The highest BCUT2D eigenvalue weighted by molar-refractivity contribution is 7.47. The van der Waals surface area contributed by atoms with Gasteiger partial charge in [0.25, 0.3) is 0 Å². The van der Waals surface area contributed by atoms with Crippen LogP contribution in [0.4, 0.5) is 0 Å². The monoisotopic (exact) mass is 1130 g/mol. The molecule has 0 aliphatic heterocycles. The maximum absolute atomic E-state index is 12.7. The first-order valence-corrected chi connectivity index (χ1v) is 34.9. The van der Waals surface area contributed by atoms with E-state index in [0.29, 0.717) is 6.42 Å². The maximum atomic E-state index is 12.7. The molecule has 0 fully saturated rings. The lowest BCUT2D eigenvalue weighted by Gasteiger charge is -2.19. The van der Waals surface area contributed by atoms with Crippen molar-refractivity contribution in [2.75, 3.05) is 26.4 Å². The van der Waals surface area contributed by atoms with Crippen molar-refractivity contribution in [1.82, 2.24) is 0 Å². The summed E-state index contributed by atoms with van der Waals surface area (Å²) in [6, 6.07) is 0. The van der Waals surface area contributed by atoms with Crippen molar-refractivity contribution in [3.05, 3.63) is 72.9 Å².